The second-order valence-corrected chi connectivity index (χ2v) is 36.0. The van der Waals surface area contributed by atoms with Gasteiger partial charge in [-0.05, 0) is 83.5 Å². The van der Waals surface area contributed by atoms with Crippen LogP contribution in [0.1, 0.15) is 149 Å². The summed E-state index contributed by atoms with van der Waals surface area (Å²) in [6.07, 6.45) is 1.78. The standard InChI is InChI=1S/C55H82F2N6O16S.C40H51F3N6O6S.2C2H6/c1-55(2,3)53(47-34-42(44-35-43(56)10-11-45(44)57)38-62(47)37-41-8-5-4-6-9-41)63(17-7-15-58)51(67)40-80-39-46(54(70)71)61-49(65)14-18-72-20-22-74-24-26-76-28-30-78-32-33-79-31-29-77-27-25-75-23-21-73-19-16-59-50(66)36-60-48(64)12-13-52(68)69;1-40(2,3)39(33-17-27(30-18-29(41)9-10-31(30)42)23-48(33)22-26-7-5-4-6-8-26)49(24-28-19-44-20-32(28)43)37(53)25-56-16-13-35(51)45-14-15-46-36(52)21-47-34(50)11-12-38(54)55;2*1-2/h4-6,8-11,34-35,38,46,53H,7,12-33,36-37,39-40,58H2,1-3H3,(H,59,66)(H,60,64)(H,61,65)(H,68,69)(H,70,71);4-10,17-18,23,28,32,39,44H,11-16,19-22,24-25H2,1-3H3,(H,45,51)(H,46,52)(H,47,50)(H,54,55);2*1-2H3/t46-,53-;28-,32-,39-;;/m00../s1. The van der Waals surface area contributed by atoms with Crippen LogP contribution >= 0.6 is 23.5 Å². The molecule has 1 aliphatic heterocycles. The molecular formula is C99H145F5N12O22S2. The van der Waals surface area contributed by atoms with Gasteiger partial charge in [0.15, 0.2) is 0 Å². The van der Waals surface area contributed by atoms with E-state index in [0.29, 0.717) is 140 Å². The fourth-order valence-corrected chi connectivity index (χ4v) is 16.0. The molecule has 3 heterocycles. The molecule has 780 valence electrons. The molecule has 2 aromatic heterocycles. The number of carboxylic acid groups (broad SMARTS) is 3. The van der Waals surface area contributed by atoms with Gasteiger partial charge < -0.3 is 115 Å². The number of aromatic nitrogens is 2. The van der Waals surface area contributed by atoms with E-state index < -0.39 is 112 Å². The third-order valence-corrected chi connectivity index (χ3v) is 22.7. The number of hydrogen-bond donors (Lipinski definition) is 11. The number of ether oxygens (including phenoxy) is 8. The summed E-state index contributed by atoms with van der Waals surface area (Å²) < 4.78 is 122. The third-order valence-electron chi connectivity index (χ3n) is 20.8. The number of carbonyl (C=O) groups is 11. The zero-order chi connectivity index (χ0) is 103. The molecule has 0 spiro atoms. The van der Waals surface area contributed by atoms with Crippen LogP contribution in [-0.2, 0) is 104 Å². The van der Waals surface area contributed by atoms with Gasteiger partial charge in [-0.15, -0.1) is 11.8 Å². The number of thioether (sulfide) groups is 2. The minimum atomic E-state index is -1.27. The van der Waals surface area contributed by atoms with E-state index in [0.717, 1.165) is 59.3 Å². The van der Waals surface area contributed by atoms with E-state index in [1.54, 1.807) is 34.3 Å². The highest BCUT2D eigenvalue weighted by atomic mass is 32.2. The highest BCUT2D eigenvalue weighted by molar-refractivity contribution is 8.00. The molecule has 41 heteroatoms. The van der Waals surface area contributed by atoms with Crippen LogP contribution in [0.5, 0.6) is 0 Å². The molecule has 8 amide bonds. The number of carbonyl (C=O) groups excluding carboxylic acids is 8. The summed E-state index contributed by atoms with van der Waals surface area (Å²) in [4.78, 5) is 137. The number of nitrogens with two attached hydrogens (primary N) is 1. The minimum absolute atomic E-state index is 0.00990. The molecular weight excluding hydrogens is 1870 g/mol. The monoisotopic (exact) mass is 2010 g/mol. The predicted octanol–water partition coefficient (Wildman–Crippen LogP) is 10.0. The van der Waals surface area contributed by atoms with Crippen LogP contribution in [0.25, 0.3) is 22.3 Å². The lowest BCUT2D eigenvalue weighted by atomic mass is 9.82. The molecule has 12 N–H and O–H groups in total. The van der Waals surface area contributed by atoms with Crippen LogP contribution < -0.4 is 43.0 Å². The SMILES string of the molecule is CC.CC.CC(C)(C)[C@H](c1cc(-c2cc(F)ccc2F)cn1Cc1ccccc1)N(CCCN)C(=O)CSC[C@H](NC(=O)CCOCCOCCOCCOCCOCCOCCOCCOCCNC(=O)CNC(=O)CCC(=O)O)C(=O)O.CC(C)(C)[C@H](c1cc(-c2cc(F)ccc2F)cn1Cc1ccccc1)N(C[C@@H]1CNC[C@@H]1F)C(=O)CSCCC(=O)NCCNC(=O)CNC(=O)CCC(=O)O. The van der Waals surface area contributed by atoms with Gasteiger partial charge in [0.05, 0.1) is 155 Å². The summed E-state index contributed by atoms with van der Waals surface area (Å²) in [6, 6.07) is 27.0. The van der Waals surface area contributed by atoms with Crippen LogP contribution in [-0.4, -0.2) is 306 Å². The van der Waals surface area contributed by atoms with Crippen molar-refractivity contribution >= 4 is 88.7 Å². The van der Waals surface area contributed by atoms with Crippen molar-refractivity contribution in [3.05, 3.63) is 167 Å². The number of nitrogens with one attached hydrogen (secondary N) is 7. The summed E-state index contributed by atoms with van der Waals surface area (Å²) >= 11 is 2.35. The number of hydrogen-bond acceptors (Lipinski definition) is 23. The van der Waals surface area contributed by atoms with Crippen LogP contribution in [0, 0.1) is 40.0 Å². The van der Waals surface area contributed by atoms with Gasteiger partial charge in [-0.1, -0.05) is 130 Å². The van der Waals surface area contributed by atoms with Gasteiger partial charge in [0.25, 0.3) is 0 Å². The van der Waals surface area contributed by atoms with Gasteiger partial charge in [-0.3, -0.25) is 47.9 Å². The third kappa shape index (κ3) is 49.3. The second kappa shape index (κ2) is 69.4. The number of rotatable bonds is 66. The summed E-state index contributed by atoms with van der Waals surface area (Å²) in [5.41, 5.74) is 9.18. The number of amides is 8. The molecule has 4 aromatic carbocycles. The number of halogens is 5. The molecule has 7 rings (SSSR count). The fraction of sp³-hybridized carbons (Fsp3) is 0.566. The maximum absolute atomic E-state index is 15.2. The van der Waals surface area contributed by atoms with Crippen molar-refractivity contribution in [1.82, 2.24) is 56.2 Å². The first-order valence-electron chi connectivity index (χ1n) is 47.2. The van der Waals surface area contributed by atoms with E-state index in [1.807, 2.05) is 139 Å². The van der Waals surface area contributed by atoms with E-state index in [9.17, 15) is 66.6 Å². The van der Waals surface area contributed by atoms with E-state index in [4.69, 9.17) is 53.8 Å². The van der Waals surface area contributed by atoms with Crippen molar-refractivity contribution in [3.8, 4) is 22.3 Å². The van der Waals surface area contributed by atoms with Gasteiger partial charge in [-0.2, -0.15) is 11.8 Å². The first-order valence-corrected chi connectivity index (χ1v) is 49.5. The molecule has 5 atom stereocenters. The molecule has 1 saturated heterocycles. The van der Waals surface area contributed by atoms with Gasteiger partial charge >= 0.3 is 17.9 Å². The van der Waals surface area contributed by atoms with E-state index in [-0.39, 0.29) is 163 Å². The highest BCUT2D eigenvalue weighted by Crippen LogP contribution is 2.44. The number of alkyl halides is 1. The average Bonchev–Trinajstić information content (AvgIpc) is 1.61. The first-order chi connectivity index (χ1) is 67.1. The number of benzene rings is 4. The van der Waals surface area contributed by atoms with E-state index in [2.05, 4.69) is 37.2 Å². The van der Waals surface area contributed by atoms with Crippen LogP contribution in [0.3, 0.4) is 0 Å². The second-order valence-electron chi connectivity index (χ2n) is 33.8. The predicted molar refractivity (Wildman–Crippen MR) is 525 cm³/mol. The molecule has 0 radical (unpaired) electrons. The summed E-state index contributed by atoms with van der Waals surface area (Å²) in [5, 5.41) is 45.2. The molecule has 0 aliphatic carbocycles. The van der Waals surface area contributed by atoms with Crippen molar-refractivity contribution in [3.63, 3.8) is 0 Å². The summed E-state index contributed by atoms with van der Waals surface area (Å²) in [7, 11) is 0. The lowest BCUT2D eigenvalue weighted by molar-refractivity contribution is -0.141. The Kier molecular flexibility index (Phi) is 60.4. The number of nitrogens with zero attached hydrogens (tertiary/aromatic N) is 4. The zero-order valence-corrected chi connectivity index (χ0v) is 83.8. The van der Waals surface area contributed by atoms with E-state index in [1.165, 1.54) is 11.8 Å². The molecule has 1 fully saturated rings. The molecule has 0 saturated carbocycles. The maximum Gasteiger partial charge on any atom is 0.327 e. The number of aliphatic carboxylic acids is 3. The molecule has 34 nitrogen and oxygen atoms in total. The summed E-state index contributed by atoms with van der Waals surface area (Å²) in [6.45, 7) is 27.1. The molecule has 140 heavy (non-hydrogen) atoms. The normalized spacial score (nSPS) is 13.4. The average molecular weight is 2010 g/mol. The van der Waals surface area contributed by atoms with Crippen molar-refractivity contribution in [2.45, 2.75) is 152 Å². The first kappa shape index (κ1) is 122. The van der Waals surface area contributed by atoms with Gasteiger partial charge in [-0.25, -0.2) is 26.7 Å². The largest absolute Gasteiger partial charge is 0.481 e. The van der Waals surface area contributed by atoms with Crippen molar-refractivity contribution in [2.75, 3.05) is 194 Å². The fourth-order valence-electron chi connectivity index (χ4n) is 14.2. The Morgan fingerprint density at radius 1 is 0.464 bits per heavy atom. The van der Waals surface area contributed by atoms with Gasteiger partial charge in [0.2, 0.25) is 47.3 Å². The Labute approximate surface area is 826 Å². The van der Waals surface area contributed by atoms with Crippen molar-refractivity contribution in [1.29, 1.82) is 0 Å². The van der Waals surface area contributed by atoms with Crippen LogP contribution in [0.4, 0.5) is 22.0 Å². The molecule has 0 unspecified atom stereocenters. The summed E-state index contributed by atoms with van der Waals surface area (Å²) in [5.74, 6) is -9.43. The minimum Gasteiger partial charge on any atom is -0.481 e. The lowest BCUT2D eigenvalue weighted by Gasteiger charge is -2.42. The molecule has 6 aromatic rings. The van der Waals surface area contributed by atoms with Crippen molar-refractivity contribution in [2.24, 2.45) is 22.5 Å². The van der Waals surface area contributed by atoms with Gasteiger partial charge in [0, 0.05) is 148 Å². The number of carboxylic acids is 3. The Morgan fingerprint density at radius 2 is 0.857 bits per heavy atom. The van der Waals surface area contributed by atoms with E-state index >= 15 is 13.2 Å². The highest BCUT2D eigenvalue weighted by Gasteiger charge is 2.42. The van der Waals surface area contributed by atoms with Gasteiger partial charge in [0.1, 0.15) is 35.5 Å². The van der Waals surface area contributed by atoms with Crippen LogP contribution in [0.15, 0.2) is 122 Å². The van der Waals surface area contributed by atoms with Crippen LogP contribution in [0.2, 0.25) is 0 Å². The molecule has 1 aliphatic rings. The smallest absolute Gasteiger partial charge is 0.327 e. The quantitative estimate of drug-likeness (QED) is 0.0125. The van der Waals surface area contributed by atoms with Crippen molar-refractivity contribution < 1.29 is 128 Å². The Morgan fingerprint density at radius 3 is 1.26 bits per heavy atom. The topological polar surface area (TPSA) is 449 Å². The Hall–Kier alpha value is -10.4. The Bertz CT molecular complexity index is 4670. The maximum atomic E-state index is 15.2. The lowest BCUT2D eigenvalue weighted by Crippen LogP contribution is -2.46. The Balaban J connectivity index is 0.000000596. The molecule has 0 bridgehead atoms. The zero-order valence-electron chi connectivity index (χ0n) is 82.2.